The molecule has 4 amide bonds. The second-order valence-corrected chi connectivity index (χ2v) is 10.1. The van der Waals surface area contributed by atoms with Gasteiger partial charge < -0.3 is 9.73 Å². The van der Waals surface area contributed by atoms with Gasteiger partial charge in [-0.25, -0.2) is 9.80 Å². The Bertz CT molecular complexity index is 1360. The standard InChI is InChI=1S/C29H30N4O4/c1-18(2)20-11-13-22(14-12-20)29(4)27(35)32(28(36)30-29)17-26(34)33-24(25-6-5-15-37-25)16-23(31-33)21-9-7-19(3)8-10-21/h5-15,18,24H,16-17H2,1-4H3,(H,30,36). The highest BCUT2D eigenvalue weighted by Crippen LogP contribution is 2.34. The zero-order valence-corrected chi connectivity index (χ0v) is 21.4. The van der Waals surface area contributed by atoms with Crippen LogP contribution < -0.4 is 5.32 Å². The molecule has 2 aliphatic rings. The van der Waals surface area contributed by atoms with E-state index in [0.717, 1.165) is 27.3 Å². The lowest BCUT2D eigenvalue weighted by atomic mass is 9.90. The third kappa shape index (κ3) is 4.43. The average Bonchev–Trinajstić information content (AvgIpc) is 3.61. The number of benzene rings is 2. The van der Waals surface area contributed by atoms with Gasteiger partial charge in [-0.05, 0) is 48.6 Å². The zero-order valence-electron chi connectivity index (χ0n) is 21.4. The van der Waals surface area contributed by atoms with Crippen LogP contribution in [0.2, 0.25) is 0 Å². The first-order valence-corrected chi connectivity index (χ1v) is 12.4. The number of hydrogen-bond acceptors (Lipinski definition) is 5. The molecule has 190 valence electrons. The molecule has 3 heterocycles. The second kappa shape index (κ2) is 9.35. The van der Waals surface area contributed by atoms with Crippen molar-refractivity contribution in [2.75, 3.05) is 6.54 Å². The highest BCUT2D eigenvalue weighted by molar-refractivity contribution is 6.09. The molecule has 0 saturated carbocycles. The van der Waals surface area contributed by atoms with Crippen molar-refractivity contribution in [3.05, 3.63) is 94.9 Å². The molecule has 2 unspecified atom stereocenters. The first kappa shape index (κ1) is 24.5. The minimum Gasteiger partial charge on any atom is -0.467 e. The minimum absolute atomic E-state index is 0.345. The lowest BCUT2D eigenvalue weighted by molar-refractivity contribution is -0.140. The quantitative estimate of drug-likeness (QED) is 0.491. The van der Waals surface area contributed by atoms with Crippen molar-refractivity contribution in [3.63, 3.8) is 0 Å². The molecule has 0 spiro atoms. The Morgan fingerprint density at radius 1 is 1.11 bits per heavy atom. The number of furan rings is 1. The fraction of sp³-hybridized carbons (Fsp3) is 0.310. The number of nitrogens with one attached hydrogen (secondary N) is 1. The van der Waals surface area contributed by atoms with E-state index in [1.54, 1.807) is 25.3 Å². The summed E-state index contributed by atoms with van der Waals surface area (Å²) >= 11 is 0. The molecule has 5 rings (SSSR count). The fourth-order valence-electron chi connectivity index (χ4n) is 4.81. The Morgan fingerprint density at radius 2 is 1.81 bits per heavy atom. The van der Waals surface area contributed by atoms with Gasteiger partial charge in [0.15, 0.2) is 0 Å². The number of hydrazone groups is 1. The van der Waals surface area contributed by atoms with E-state index >= 15 is 0 Å². The summed E-state index contributed by atoms with van der Waals surface area (Å²) in [5.74, 6) is -0.00434. The van der Waals surface area contributed by atoms with Crippen LogP contribution in [0.25, 0.3) is 0 Å². The molecule has 0 bridgehead atoms. The SMILES string of the molecule is Cc1ccc(C2=NN(C(=O)CN3C(=O)NC(C)(c4ccc(C(C)C)cc4)C3=O)C(c3ccco3)C2)cc1. The lowest BCUT2D eigenvalue weighted by Gasteiger charge is -2.24. The first-order chi connectivity index (χ1) is 17.7. The zero-order chi connectivity index (χ0) is 26.3. The van der Waals surface area contributed by atoms with Crippen LogP contribution in [0.3, 0.4) is 0 Å². The highest BCUT2D eigenvalue weighted by Gasteiger charge is 2.50. The van der Waals surface area contributed by atoms with Crippen LogP contribution in [0.1, 0.15) is 67.2 Å². The topological polar surface area (TPSA) is 95.2 Å². The van der Waals surface area contributed by atoms with Crippen molar-refractivity contribution in [2.45, 2.75) is 51.6 Å². The molecule has 8 heteroatoms. The van der Waals surface area contributed by atoms with Crippen molar-refractivity contribution in [1.82, 2.24) is 15.2 Å². The molecule has 0 aliphatic carbocycles. The molecule has 1 N–H and O–H groups in total. The molecule has 3 aromatic rings. The largest absolute Gasteiger partial charge is 0.467 e. The van der Waals surface area contributed by atoms with Crippen molar-refractivity contribution >= 4 is 23.6 Å². The molecule has 2 aromatic carbocycles. The molecule has 1 saturated heterocycles. The fourth-order valence-corrected chi connectivity index (χ4v) is 4.81. The molecular weight excluding hydrogens is 468 g/mol. The van der Waals surface area contributed by atoms with Gasteiger partial charge in [-0.3, -0.25) is 14.5 Å². The summed E-state index contributed by atoms with van der Waals surface area (Å²) in [4.78, 5) is 40.8. The average molecular weight is 499 g/mol. The van der Waals surface area contributed by atoms with Crippen LogP contribution >= 0.6 is 0 Å². The predicted octanol–water partition coefficient (Wildman–Crippen LogP) is 4.86. The maximum absolute atomic E-state index is 13.5. The number of rotatable bonds is 6. The van der Waals surface area contributed by atoms with E-state index in [4.69, 9.17) is 4.42 Å². The Balaban J connectivity index is 1.39. The summed E-state index contributed by atoms with van der Waals surface area (Å²) in [7, 11) is 0. The number of hydrogen-bond donors (Lipinski definition) is 1. The summed E-state index contributed by atoms with van der Waals surface area (Å²) in [6.07, 6.45) is 2.01. The van der Waals surface area contributed by atoms with Crippen molar-refractivity contribution in [3.8, 4) is 0 Å². The van der Waals surface area contributed by atoms with E-state index in [9.17, 15) is 14.4 Å². The highest BCUT2D eigenvalue weighted by atomic mass is 16.3. The maximum atomic E-state index is 13.5. The van der Waals surface area contributed by atoms with Crippen LogP contribution in [-0.2, 0) is 15.1 Å². The van der Waals surface area contributed by atoms with Gasteiger partial charge in [-0.15, -0.1) is 0 Å². The smallest absolute Gasteiger partial charge is 0.325 e. The van der Waals surface area contributed by atoms with E-state index < -0.39 is 36.0 Å². The maximum Gasteiger partial charge on any atom is 0.325 e. The van der Waals surface area contributed by atoms with Crippen molar-refractivity contribution in [1.29, 1.82) is 0 Å². The number of aryl methyl sites for hydroxylation is 1. The monoisotopic (exact) mass is 498 g/mol. The van der Waals surface area contributed by atoms with Gasteiger partial charge in [-0.1, -0.05) is 67.9 Å². The van der Waals surface area contributed by atoms with E-state index in [1.807, 2.05) is 55.5 Å². The van der Waals surface area contributed by atoms with Crippen LogP contribution in [0.4, 0.5) is 4.79 Å². The lowest BCUT2D eigenvalue weighted by Crippen LogP contribution is -2.43. The Hall–Kier alpha value is -4.20. The molecule has 2 aliphatic heterocycles. The molecule has 1 aromatic heterocycles. The van der Waals surface area contributed by atoms with Gasteiger partial charge in [0.25, 0.3) is 11.8 Å². The van der Waals surface area contributed by atoms with Gasteiger partial charge in [0.05, 0.1) is 12.0 Å². The van der Waals surface area contributed by atoms with Crippen molar-refractivity contribution in [2.24, 2.45) is 5.10 Å². The van der Waals surface area contributed by atoms with E-state index in [0.29, 0.717) is 23.7 Å². The minimum atomic E-state index is -1.26. The van der Waals surface area contributed by atoms with Crippen LogP contribution in [0.15, 0.2) is 76.4 Å². The summed E-state index contributed by atoms with van der Waals surface area (Å²) in [5.41, 5.74) is 3.32. The number of amides is 4. The van der Waals surface area contributed by atoms with Crippen LogP contribution in [0, 0.1) is 6.92 Å². The van der Waals surface area contributed by atoms with Gasteiger partial charge in [0.1, 0.15) is 23.9 Å². The van der Waals surface area contributed by atoms with Crippen LogP contribution in [-0.4, -0.2) is 40.0 Å². The number of nitrogens with zero attached hydrogens (tertiary/aromatic N) is 3. The Labute approximate surface area is 215 Å². The second-order valence-electron chi connectivity index (χ2n) is 10.1. The molecule has 0 radical (unpaired) electrons. The Morgan fingerprint density at radius 3 is 2.43 bits per heavy atom. The number of carbonyl (C=O) groups is 3. The molecule has 37 heavy (non-hydrogen) atoms. The molecule has 1 fully saturated rings. The van der Waals surface area contributed by atoms with Gasteiger partial charge in [-0.2, -0.15) is 5.10 Å². The third-order valence-corrected chi connectivity index (χ3v) is 7.15. The van der Waals surface area contributed by atoms with Crippen molar-refractivity contribution < 1.29 is 18.8 Å². The number of urea groups is 1. The van der Waals surface area contributed by atoms with Gasteiger partial charge >= 0.3 is 6.03 Å². The van der Waals surface area contributed by atoms with E-state index in [-0.39, 0.29) is 0 Å². The van der Waals surface area contributed by atoms with E-state index in [1.165, 1.54) is 5.01 Å². The normalized spacial score (nSPS) is 21.5. The third-order valence-electron chi connectivity index (χ3n) is 7.15. The predicted molar refractivity (Wildman–Crippen MR) is 139 cm³/mol. The number of carbonyl (C=O) groups excluding carboxylic acids is 3. The molecule has 2 atom stereocenters. The number of imide groups is 1. The van der Waals surface area contributed by atoms with Gasteiger partial charge in [0.2, 0.25) is 0 Å². The van der Waals surface area contributed by atoms with Crippen LogP contribution in [0.5, 0.6) is 0 Å². The Kier molecular flexibility index (Phi) is 6.19. The summed E-state index contributed by atoms with van der Waals surface area (Å²) in [6.45, 7) is 7.43. The summed E-state index contributed by atoms with van der Waals surface area (Å²) < 4.78 is 5.60. The van der Waals surface area contributed by atoms with Gasteiger partial charge in [0, 0.05) is 6.42 Å². The summed E-state index contributed by atoms with van der Waals surface area (Å²) in [5, 5.41) is 8.73. The first-order valence-electron chi connectivity index (χ1n) is 12.4. The van der Waals surface area contributed by atoms with E-state index in [2.05, 4.69) is 24.3 Å². The molecular formula is C29H30N4O4. The molecule has 8 nitrogen and oxygen atoms in total. The summed E-state index contributed by atoms with van der Waals surface area (Å²) in [6, 6.07) is 18.0.